The molecule has 1 aliphatic rings. The van der Waals surface area contributed by atoms with E-state index in [9.17, 15) is 4.79 Å². The number of carbonyl (C=O) groups is 1. The van der Waals surface area contributed by atoms with Crippen molar-refractivity contribution >= 4 is 11.7 Å². The highest BCUT2D eigenvalue weighted by Crippen LogP contribution is 2.41. The lowest BCUT2D eigenvalue weighted by atomic mass is 10.1. The summed E-state index contributed by atoms with van der Waals surface area (Å²) in [6.07, 6.45) is 3.52. The normalized spacial score (nSPS) is 13.4. The third-order valence-electron chi connectivity index (χ3n) is 4.68. The summed E-state index contributed by atoms with van der Waals surface area (Å²) in [5, 5.41) is 5.48. The lowest BCUT2D eigenvalue weighted by molar-refractivity contribution is 0.254. The largest absolute Gasteiger partial charge is 0.489 e. The number of amides is 2. The Bertz CT molecular complexity index is 766. The molecule has 1 aliphatic carbocycles. The first-order chi connectivity index (χ1) is 12.1. The number of ether oxygens (including phenoxy) is 1. The Morgan fingerprint density at radius 3 is 2.64 bits per heavy atom. The number of benzene rings is 2. The molecule has 0 aromatic heterocycles. The summed E-state index contributed by atoms with van der Waals surface area (Å²) in [5.74, 6) is 1.55. The van der Waals surface area contributed by atoms with Crippen molar-refractivity contribution in [2.24, 2.45) is 0 Å². The first-order valence-electron chi connectivity index (χ1n) is 8.94. The molecule has 0 unspecified atom stereocenters. The van der Waals surface area contributed by atoms with Gasteiger partial charge in [0.25, 0.3) is 0 Å². The summed E-state index contributed by atoms with van der Waals surface area (Å²) in [7, 11) is 1.61. The van der Waals surface area contributed by atoms with Gasteiger partial charge in [-0.2, -0.15) is 0 Å². The van der Waals surface area contributed by atoms with Crippen LogP contribution in [0.1, 0.15) is 47.9 Å². The standard InChI is InChI=1S/C21H26N2O2/c1-4-15-5-10-20(14(2)11-15)25-13-18-12-17(16-6-7-16)8-9-19(18)23-21(24)22-3/h5,8-12,16H,4,6-7,13H2,1-3H3,(H2,22,23,24). The Kier molecular flexibility index (Phi) is 5.27. The van der Waals surface area contributed by atoms with E-state index >= 15 is 0 Å². The number of hydrogen-bond donors (Lipinski definition) is 2. The minimum absolute atomic E-state index is 0.219. The lowest BCUT2D eigenvalue weighted by Crippen LogP contribution is -2.25. The van der Waals surface area contributed by atoms with Crippen LogP contribution in [0.4, 0.5) is 10.5 Å². The van der Waals surface area contributed by atoms with E-state index in [1.165, 1.54) is 24.0 Å². The topological polar surface area (TPSA) is 50.4 Å². The number of anilines is 1. The summed E-state index contributed by atoms with van der Waals surface area (Å²) in [6.45, 7) is 4.65. The molecule has 4 heteroatoms. The number of urea groups is 1. The number of rotatable bonds is 6. The quantitative estimate of drug-likeness (QED) is 0.797. The Hall–Kier alpha value is -2.49. The number of carbonyl (C=O) groups excluding carboxylic acids is 1. The van der Waals surface area contributed by atoms with Crippen molar-refractivity contribution in [3.05, 3.63) is 58.7 Å². The van der Waals surface area contributed by atoms with Crippen LogP contribution in [-0.4, -0.2) is 13.1 Å². The second-order valence-electron chi connectivity index (χ2n) is 6.64. The van der Waals surface area contributed by atoms with Crippen molar-refractivity contribution in [3.8, 4) is 5.75 Å². The molecule has 2 aromatic carbocycles. The maximum absolute atomic E-state index is 11.7. The van der Waals surface area contributed by atoms with Gasteiger partial charge in [-0.3, -0.25) is 0 Å². The fourth-order valence-corrected chi connectivity index (χ4v) is 2.96. The predicted molar refractivity (Wildman–Crippen MR) is 101 cm³/mol. The zero-order valence-corrected chi connectivity index (χ0v) is 15.2. The summed E-state index contributed by atoms with van der Waals surface area (Å²) >= 11 is 0. The van der Waals surface area contributed by atoms with Gasteiger partial charge in [-0.05, 0) is 60.9 Å². The molecule has 4 nitrogen and oxygen atoms in total. The van der Waals surface area contributed by atoms with E-state index in [-0.39, 0.29) is 6.03 Å². The van der Waals surface area contributed by atoms with E-state index in [4.69, 9.17) is 4.74 Å². The first kappa shape index (κ1) is 17.3. The zero-order chi connectivity index (χ0) is 17.8. The molecule has 0 saturated heterocycles. The highest BCUT2D eigenvalue weighted by Gasteiger charge is 2.24. The van der Waals surface area contributed by atoms with Gasteiger partial charge in [-0.1, -0.05) is 31.2 Å². The molecule has 2 aromatic rings. The van der Waals surface area contributed by atoms with E-state index in [0.29, 0.717) is 12.5 Å². The second kappa shape index (κ2) is 7.60. The molecule has 25 heavy (non-hydrogen) atoms. The number of hydrogen-bond acceptors (Lipinski definition) is 2. The van der Waals surface area contributed by atoms with Crippen molar-refractivity contribution in [1.82, 2.24) is 5.32 Å². The average Bonchev–Trinajstić information content (AvgIpc) is 3.46. The summed E-state index contributed by atoms with van der Waals surface area (Å²) in [5.41, 5.74) is 5.58. The van der Waals surface area contributed by atoms with E-state index < -0.39 is 0 Å². The molecular weight excluding hydrogens is 312 g/mol. The van der Waals surface area contributed by atoms with Crippen LogP contribution in [0.25, 0.3) is 0 Å². The van der Waals surface area contributed by atoms with Crippen LogP contribution < -0.4 is 15.4 Å². The molecule has 3 rings (SSSR count). The van der Waals surface area contributed by atoms with Gasteiger partial charge in [0.2, 0.25) is 0 Å². The molecule has 2 N–H and O–H groups in total. The third kappa shape index (κ3) is 4.32. The Labute approximate surface area is 149 Å². The van der Waals surface area contributed by atoms with E-state index in [2.05, 4.69) is 48.7 Å². The van der Waals surface area contributed by atoms with Crippen molar-refractivity contribution in [1.29, 1.82) is 0 Å². The highest BCUT2D eigenvalue weighted by atomic mass is 16.5. The second-order valence-corrected chi connectivity index (χ2v) is 6.64. The van der Waals surface area contributed by atoms with Gasteiger partial charge in [0.15, 0.2) is 0 Å². The Balaban J connectivity index is 1.79. The molecule has 132 valence electrons. The minimum atomic E-state index is -0.219. The summed E-state index contributed by atoms with van der Waals surface area (Å²) in [6, 6.07) is 12.3. The van der Waals surface area contributed by atoms with Gasteiger partial charge >= 0.3 is 6.03 Å². The Morgan fingerprint density at radius 2 is 2.00 bits per heavy atom. The molecule has 0 radical (unpaired) electrons. The van der Waals surface area contributed by atoms with Crippen LogP contribution in [0, 0.1) is 6.92 Å². The van der Waals surface area contributed by atoms with Gasteiger partial charge < -0.3 is 15.4 Å². The van der Waals surface area contributed by atoms with Gasteiger partial charge in [-0.25, -0.2) is 4.79 Å². The lowest BCUT2D eigenvalue weighted by Gasteiger charge is -2.15. The summed E-state index contributed by atoms with van der Waals surface area (Å²) in [4.78, 5) is 11.7. The monoisotopic (exact) mass is 338 g/mol. The SMILES string of the molecule is CCc1ccc(OCc2cc(C3CC3)ccc2NC(=O)NC)c(C)c1. The van der Waals surface area contributed by atoms with Crippen molar-refractivity contribution in [2.45, 2.75) is 45.6 Å². The summed E-state index contributed by atoms with van der Waals surface area (Å²) < 4.78 is 6.06. The minimum Gasteiger partial charge on any atom is -0.489 e. The van der Waals surface area contributed by atoms with Gasteiger partial charge in [0.05, 0.1) is 0 Å². The molecule has 1 saturated carbocycles. The molecule has 0 atom stereocenters. The van der Waals surface area contributed by atoms with Crippen LogP contribution in [0.3, 0.4) is 0 Å². The van der Waals surface area contributed by atoms with Crippen LogP contribution in [-0.2, 0) is 13.0 Å². The third-order valence-corrected chi connectivity index (χ3v) is 4.68. The van der Waals surface area contributed by atoms with Crippen molar-refractivity contribution in [2.75, 3.05) is 12.4 Å². The highest BCUT2D eigenvalue weighted by molar-refractivity contribution is 5.89. The van der Waals surface area contributed by atoms with Gasteiger partial charge in [0, 0.05) is 18.3 Å². The van der Waals surface area contributed by atoms with E-state index in [1.54, 1.807) is 7.05 Å². The van der Waals surface area contributed by atoms with Crippen LogP contribution in [0.15, 0.2) is 36.4 Å². The molecule has 2 amide bonds. The molecule has 1 fully saturated rings. The van der Waals surface area contributed by atoms with Crippen LogP contribution >= 0.6 is 0 Å². The molecule has 0 bridgehead atoms. The molecular formula is C21H26N2O2. The maximum atomic E-state index is 11.7. The fourth-order valence-electron chi connectivity index (χ4n) is 2.96. The molecule has 0 aliphatic heterocycles. The Morgan fingerprint density at radius 1 is 1.20 bits per heavy atom. The predicted octanol–water partition coefficient (Wildman–Crippen LogP) is 4.77. The smallest absolute Gasteiger partial charge is 0.318 e. The molecule has 0 heterocycles. The average molecular weight is 338 g/mol. The van der Waals surface area contributed by atoms with E-state index in [1.807, 2.05) is 12.1 Å². The first-order valence-corrected chi connectivity index (χ1v) is 8.94. The maximum Gasteiger partial charge on any atom is 0.318 e. The zero-order valence-electron chi connectivity index (χ0n) is 15.2. The van der Waals surface area contributed by atoms with Crippen molar-refractivity contribution < 1.29 is 9.53 Å². The van der Waals surface area contributed by atoms with Crippen LogP contribution in [0.5, 0.6) is 5.75 Å². The number of aryl methyl sites for hydroxylation is 2. The molecule has 0 spiro atoms. The number of nitrogens with one attached hydrogen (secondary N) is 2. The van der Waals surface area contributed by atoms with Gasteiger partial charge in [0.1, 0.15) is 12.4 Å². The van der Waals surface area contributed by atoms with E-state index in [0.717, 1.165) is 29.0 Å². The fraction of sp³-hybridized carbons (Fsp3) is 0.381. The van der Waals surface area contributed by atoms with Crippen molar-refractivity contribution in [3.63, 3.8) is 0 Å². The van der Waals surface area contributed by atoms with Gasteiger partial charge in [-0.15, -0.1) is 0 Å². The van der Waals surface area contributed by atoms with Crippen LogP contribution in [0.2, 0.25) is 0 Å².